The fraction of sp³-hybridized carbons (Fsp3) is 0.600. The van der Waals surface area contributed by atoms with Gasteiger partial charge in [0, 0.05) is 23.7 Å². The third kappa shape index (κ3) is 4.63. The van der Waals surface area contributed by atoms with E-state index in [1.165, 1.54) is 17.1 Å². The van der Waals surface area contributed by atoms with Crippen LogP contribution in [0.15, 0.2) is 35.2 Å². The second-order valence-electron chi connectivity index (χ2n) is 5.83. The standard InChI is InChI=1S/C15H23NOS/c1-15(2,17)12-16-9-8-13(10-16)11-18-14-6-4-3-5-7-14/h3-7,13,17H,8-12H2,1-2H3/t13-/m1/s1. The highest BCUT2D eigenvalue weighted by molar-refractivity contribution is 7.99. The fourth-order valence-electron chi connectivity index (χ4n) is 2.47. The van der Waals surface area contributed by atoms with Crippen molar-refractivity contribution in [2.24, 2.45) is 5.92 Å². The average Bonchev–Trinajstić information content (AvgIpc) is 2.73. The molecule has 0 aliphatic carbocycles. The van der Waals surface area contributed by atoms with Crippen molar-refractivity contribution in [1.29, 1.82) is 0 Å². The molecule has 1 N–H and O–H groups in total. The summed E-state index contributed by atoms with van der Waals surface area (Å²) in [5.74, 6) is 1.95. The number of hydrogen-bond acceptors (Lipinski definition) is 3. The molecule has 2 rings (SSSR count). The van der Waals surface area contributed by atoms with Gasteiger partial charge in [0.1, 0.15) is 0 Å². The van der Waals surface area contributed by atoms with Crippen LogP contribution in [0.4, 0.5) is 0 Å². The predicted molar refractivity (Wildman–Crippen MR) is 78.0 cm³/mol. The third-order valence-corrected chi connectivity index (χ3v) is 4.45. The van der Waals surface area contributed by atoms with Crippen LogP contribution in [0.2, 0.25) is 0 Å². The summed E-state index contributed by atoms with van der Waals surface area (Å²) in [7, 11) is 0. The van der Waals surface area contributed by atoms with Crippen molar-refractivity contribution in [3.63, 3.8) is 0 Å². The van der Waals surface area contributed by atoms with E-state index in [2.05, 4.69) is 35.2 Å². The number of aliphatic hydroxyl groups is 1. The first-order valence-corrected chi connectivity index (χ1v) is 7.64. The molecule has 1 aliphatic rings. The van der Waals surface area contributed by atoms with E-state index in [-0.39, 0.29) is 0 Å². The molecule has 1 heterocycles. The smallest absolute Gasteiger partial charge is 0.0718 e. The van der Waals surface area contributed by atoms with E-state index < -0.39 is 5.60 Å². The van der Waals surface area contributed by atoms with Crippen LogP contribution in [0.25, 0.3) is 0 Å². The summed E-state index contributed by atoms with van der Waals surface area (Å²) in [6.45, 7) is 6.82. The lowest BCUT2D eigenvalue weighted by atomic mass is 10.1. The molecule has 1 saturated heterocycles. The number of β-amino-alcohol motifs (C(OH)–C–C–N with tert-alkyl or cyclic N) is 1. The molecule has 0 bridgehead atoms. The molecule has 1 aliphatic heterocycles. The van der Waals surface area contributed by atoms with Crippen LogP contribution in [-0.4, -0.2) is 41.0 Å². The van der Waals surface area contributed by atoms with Crippen molar-refractivity contribution in [3.8, 4) is 0 Å². The van der Waals surface area contributed by atoms with Gasteiger partial charge in [-0.05, 0) is 44.9 Å². The normalized spacial score (nSPS) is 21.4. The fourth-order valence-corrected chi connectivity index (χ4v) is 3.52. The van der Waals surface area contributed by atoms with Gasteiger partial charge in [-0.25, -0.2) is 0 Å². The van der Waals surface area contributed by atoms with Gasteiger partial charge in [-0.1, -0.05) is 18.2 Å². The van der Waals surface area contributed by atoms with Gasteiger partial charge >= 0.3 is 0 Å². The van der Waals surface area contributed by atoms with Gasteiger partial charge in [-0.2, -0.15) is 0 Å². The molecule has 1 aromatic rings. The van der Waals surface area contributed by atoms with E-state index in [1.807, 2.05) is 25.6 Å². The molecule has 0 aromatic heterocycles. The van der Waals surface area contributed by atoms with Crippen LogP contribution in [0.5, 0.6) is 0 Å². The highest BCUT2D eigenvalue weighted by atomic mass is 32.2. The maximum absolute atomic E-state index is 9.83. The molecule has 1 atom stereocenters. The highest BCUT2D eigenvalue weighted by Crippen LogP contribution is 2.26. The molecule has 0 radical (unpaired) electrons. The summed E-state index contributed by atoms with van der Waals surface area (Å²) in [5.41, 5.74) is -0.568. The maximum Gasteiger partial charge on any atom is 0.0718 e. The van der Waals surface area contributed by atoms with Crippen molar-refractivity contribution >= 4 is 11.8 Å². The number of nitrogens with zero attached hydrogens (tertiary/aromatic N) is 1. The van der Waals surface area contributed by atoms with Crippen LogP contribution in [0.1, 0.15) is 20.3 Å². The molecule has 1 fully saturated rings. The van der Waals surface area contributed by atoms with Crippen LogP contribution in [0.3, 0.4) is 0 Å². The zero-order valence-corrected chi connectivity index (χ0v) is 12.1. The zero-order chi connectivity index (χ0) is 13.0. The van der Waals surface area contributed by atoms with Gasteiger partial charge in [-0.3, -0.25) is 0 Å². The summed E-state index contributed by atoms with van der Waals surface area (Å²) >= 11 is 1.95. The van der Waals surface area contributed by atoms with Crippen molar-refractivity contribution in [3.05, 3.63) is 30.3 Å². The van der Waals surface area contributed by atoms with E-state index in [1.54, 1.807) is 0 Å². The molecule has 0 unspecified atom stereocenters. The Morgan fingerprint density at radius 1 is 1.33 bits per heavy atom. The molecule has 2 nitrogen and oxygen atoms in total. The van der Waals surface area contributed by atoms with Crippen molar-refractivity contribution in [1.82, 2.24) is 4.90 Å². The first kappa shape index (κ1) is 13.9. The Bertz CT molecular complexity index is 361. The van der Waals surface area contributed by atoms with Gasteiger partial charge in [-0.15, -0.1) is 11.8 Å². The molecule has 0 spiro atoms. The third-order valence-electron chi connectivity index (χ3n) is 3.21. The lowest BCUT2D eigenvalue weighted by molar-refractivity contribution is 0.0431. The van der Waals surface area contributed by atoms with Crippen LogP contribution in [0, 0.1) is 5.92 Å². The summed E-state index contributed by atoms with van der Waals surface area (Å²) in [6.07, 6.45) is 1.26. The Kier molecular flexibility index (Phi) is 4.71. The average molecular weight is 265 g/mol. The van der Waals surface area contributed by atoms with E-state index >= 15 is 0 Å². The Hall–Kier alpha value is -0.510. The van der Waals surface area contributed by atoms with Crippen molar-refractivity contribution in [2.75, 3.05) is 25.4 Å². The van der Waals surface area contributed by atoms with E-state index in [0.717, 1.165) is 25.6 Å². The second kappa shape index (κ2) is 6.09. The Morgan fingerprint density at radius 2 is 2.06 bits per heavy atom. The van der Waals surface area contributed by atoms with Crippen LogP contribution < -0.4 is 0 Å². The molecular formula is C15H23NOS. The lowest BCUT2D eigenvalue weighted by Crippen LogP contribution is -2.37. The summed E-state index contributed by atoms with van der Waals surface area (Å²) in [6, 6.07) is 10.6. The Labute approximate surface area is 114 Å². The summed E-state index contributed by atoms with van der Waals surface area (Å²) < 4.78 is 0. The van der Waals surface area contributed by atoms with Gasteiger partial charge in [0.15, 0.2) is 0 Å². The largest absolute Gasteiger partial charge is 0.389 e. The number of thioether (sulfide) groups is 1. The van der Waals surface area contributed by atoms with E-state index in [9.17, 15) is 5.11 Å². The summed E-state index contributed by atoms with van der Waals surface area (Å²) in [4.78, 5) is 3.74. The van der Waals surface area contributed by atoms with E-state index in [0.29, 0.717) is 0 Å². The Balaban J connectivity index is 1.73. The lowest BCUT2D eigenvalue weighted by Gasteiger charge is -2.25. The monoisotopic (exact) mass is 265 g/mol. The molecule has 0 saturated carbocycles. The van der Waals surface area contributed by atoms with Gasteiger partial charge in [0.05, 0.1) is 5.60 Å². The molecule has 100 valence electrons. The number of benzene rings is 1. The van der Waals surface area contributed by atoms with Crippen molar-refractivity contribution < 1.29 is 5.11 Å². The minimum atomic E-state index is -0.568. The first-order chi connectivity index (χ1) is 8.53. The minimum absolute atomic E-state index is 0.568. The first-order valence-electron chi connectivity index (χ1n) is 6.65. The van der Waals surface area contributed by atoms with Gasteiger partial charge in [0.25, 0.3) is 0 Å². The topological polar surface area (TPSA) is 23.5 Å². The molecule has 3 heteroatoms. The SMILES string of the molecule is CC(C)(O)CN1CC[C@@H](CSc2ccccc2)C1. The number of hydrogen-bond donors (Lipinski definition) is 1. The second-order valence-corrected chi connectivity index (χ2v) is 6.92. The van der Waals surface area contributed by atoms with Gasteiger partial charge < -0.3 is 10.0 Å². The van der Waals surface area contributed by atoms with Crippen LogP contribution >= 0.6 is 11.8 Å². The highest BCUT2D eigenvalue weighted by Gasteiger charge is 2.26. The van der Waals surface area contributed by atoms with E-state index in [4.69, 9.17) is 0 Å². The quantitative estimate of drug-likeness (QED) is 0.828. The summed E-state index contributed by atoms with van der Waals surface area (Å²) in [5, 5.41) is 9.83. The Morgan fingerprint density at radius 3 is 2.72 bits per heavy atom. The molecule has 0 amide bonds. The zero-order valence-electron chi connectivity index (χ0n) is 11.3. The minimum Gasteiger partial charge on any atom is -0.389 e. The number of rotatable bonds is 5. The number of likely N-dealkylation sites (tertiary alicyclic amines) is 1. The molecule has 18 heavy (non-hydrogen) atoms. The molecule has 1 aromatic carbocycles. The maximum atomic E-state index is 9.83. The molecular weight excluding hydrogens is 242 g/mol. The van der Waals surface area contributed by atoms with Crippen molar-refractivity contribution in [2.45, 2.75) is 30.8 Å². The predicted octanol–water partition coefficient (Wildman–Crippen LogP) is 2.87. The van der Waals surface area contributed by atoms with Crippen LogP contribution in [-0.2, 0) is 0 Å². The van der Waals surface area contributed by atoms with Gasteiger partial charge in [0.2, 0.25) is 0 Å².